The molecular formula is C16H24N2O2. The SMILES string of the molecule is CCCCOCCNC(=O)CC1CNc2ccccc21. The Morgan fingerprint density at radius 2 is 2.25 bits per heavy atom. The molecule has 1 aliphatic rings. The standard InChI is InChI=1S/C16H24N2O2/c1-2-3-9-20-10-8-17-16(19)11-13-12-18-15-7-5-4-6-14(13)15/h4-7,13,18H,2-3,8-12H2,1H3,(H,17,19). The number of unbranched alkanes of at least 4 members (excludes halogenated alkanes) is 1. The molecule has 110 valence electrons. The molecule has 0 bridgehead atoms. The van der Waals surface area contributed by atoms with Crippen molar-refractivity contribution in [2.75, 3.05) is 31.6 Å². The molecule has 0 aliphatic carbocycles. The summed E-state index contributed by atoms with van der Waals surface area (Å²) in [5.41, 5.74) is 2.41. The average molecular weight is 276 g/mol. The van der Waals surface area contributed by atoms with Crippen LogP contribution in [-0.4, -0.2) is 32.2 Å². The van der Waals surface area contributed by atoms with Crippen LogP contribution in [-0.2, 0) is 9.53 Å². The van der Waals surface area contributed by atoms with Crippen LogP contribution in [0.15, 0.2) is 24.3 Å². The smallest absolute Gasteiger partial charge is 0.220 e. The Bertz CT molecular complexity index is 434. The van der Waals surface area contributed by atoms with Gasteiger partial charge in [-0.1, -0.05) is 31.5 Å². The summed E-state index contributed by atoms with van der Waals surface area (Å²) in [6.45, 7) is 4.97. The molecule has 1 aliphatic heterocycles. The fraction of sp³-hybridized carbons (Fsp3) is 0.562. The molecule has 1 heterocycles. The van der Waals surface area contributed by atoms with Crippen LogP contribution in [0, 0.1) is 0 Å². The van der Waals surface area contributed by atoms with Crippen molar-refractivity contribution in [3.63, 3.8) is 0 Å². The lowest BCUT2D eigenvalue weighted by atomic mass is 9.98. The number of para-hydroxylation sites is 1. The first-order valence-corrected chi connectivity index (χ1v) is 7.48. The van der Waals surface area contributed by atoms with Crippen LogP contribution in [0.2, 0.25) is 0 Å². The summed E-state index contributed by atoms with van der Waals surface area (Å²) in [4.78, 5) is 11.9. The topological polar surface area (TPSA) is 50.4 Å². The maximum absolute atomic E-state index is 11.9. The number of fused-ring (bicyclic) bond motifs is 1. The maximum atomic E-state index is 11.9. The molecular weight excluding hydrogens is 252 g/mol. The van der Waals surface area contributed by atoms with Crippen LogP contribution in [0.3, 0.4) is 0 Å². The summed E-state index contributed by atoms with van der Waals surface area (Å²) in [7, 11) is 0. The van der Waals surface area contributed by atoms with E-state index in [2.05, 4.69) is 29.7 Å². The van der Waals surface area contributed by atoms with Crippen LogP contribution in [0.25, 0.3) is 0 Å². The van der Waals surface area contributed by atoms with Crippen molar-refractivity contribution < 1.29 is 9.53 Å². The Morgan fingerprint density at radius 3 is 3.10 bits per heavy atom. The van der Waals surface area contributed by atoms with Gasteiger partial charge in [-0.15, -0.1) is 0 Å². The number of benzene rings is 1. The molecule has 1 atom stereocenters. The summed E-state index contributed by atoms with van der Waals surface area (Å²) in [6.07, 6.45) is 2.76. The van der Waals surface area contributed by atoms with Crippen LogP contribution >= 0.6 is 0 Å². The number of carbonyl (C=O) groups excluding carboxylic acids is 1. The number of rotatable bonds is 8. The highest BCUT2D eigenvalue weighted by Gasteiger charge is 2.23. The predicted molar refractivity (Wildman–Crippen MR) is 81.0 cm³/mol. The highest BCUT2D eigenvalue weighted by atomic mass is 16.5. The van der Waals surface area contributed by atoms with Gasteiger partial charge in [0.05, 0.1) is 6.61 Å². The molecule has 0 aromatic heterocycles. The van der Waals surface area contributed by atoms with Crippen LogP contribution in [0.5, 0.6) is 0 Å². The van der Waals surface area contributed by atoms with Gasteiger partial charge in [0, 0.05) is 37.7 Å². The van der Waals surface area contributed by atoms with Crippen molar-refractivity contribution in [3.05, 3.63) is 29.8 Å². The summed E-state index contributed by atoms with van der Waals surface area (Å²) in [5, 5.41) is 6.27. The minimum Gasteiger partial charge on any atom is -0.384 e. The molecule has 1 unspecified atom stereocenters. The Labute approximate surface area is 120 Å². The van der Waals surface area contributed by atoms with E-state index in [-0.39, 0.29) is 11.8 Å². The largest absolute Gasteiger partial charge is 0.384 e. The third kappa shape index (κ3) is 4.23. The summed E-state index contributed by atoms with van der Waals surface area (Å²) in [5.74, 6) is 0.389. The second-order valence-electron chi connectivity index (χ2n) is 5.19. The van der Waals surface area contributed by atoms with Gasteiger partial charge >= 0.3 is 0 Å². The molecule has 20 heavy (non-hydrogen) atoms. The van der Waals surface area contributed by atoms with Crippen LogP contribution < -0.4 is 10.6 Å². The lowest BCUT2D eigenvalue weighted by Crippen LogP contribution is -2.28. The number of nitrogens with one attached hydrogen (secondary N) is 2. The highest BCUT2D eigenvalue weighted by Crippen LogP contribution is 2.32. The molecule has 4 nitrogen and oxygen atoms in total. The van der Waals surface area contributed by atoms with Gasteiger partial charge in [-0.05, 0) is 18.1 Å². The van der Waals surface area contributed by atoms with Gasteiger partial charge in [-0.3, -0.25) is 4.79 Å². The van der Waals surface area contributed by atoms with E-state index < -0.39 is 0 Å². The quantitative estimate of drug-likeness (QED) is 0.717. The zero-order valence-corrected chi connectivity index (χ0v) is 12.2. The normalized spacial score (nSPS) is 16.6. The first kappa shape index (κ1) is 14.9. The summed E-state index contributed by atoms with van der Waals surface area (Å²) >= 11 is 0. The zero-order chi connectivity index (χ0) is 14.2. The third-order valence-electron chi connectivity index (χ3n) is 3.58. The second-order valence-corrected chi connectivity index (χ2v) is 5.19. The molecule has 0 saturated heterocycles. The number of hydrogen-bond acceptors (Lipinski definition) is 3. The van der Waals surface area contributed by atoms with Crippen molar-refractivity contribution in [2.45, 2.75) is 32.1 Å². The number of hydrogen-bond donors (Lipinski definition) is 2. The van der Waals surface area contributed by atoms with Crippen molar-refractivity contribution in [3.8, 4) is 0 Å². The van der Waals surface area contributed by atoms with Gasteiger partial charge < -0.3 is 15.4 Å². The number of amides is 1. The molecule has 2 rings (SSSR count). The molecule has 1 amide bonds. The number of ether oxygens (including phenoxy) is 1. The van der Waals surface area contributed by atoms with E-state index in [1.807, 2.05) is 12.1 Å². The molecule has 0 saturated carbocycles. The first-order chi connectivity index (χ1) is 9.81. The van der Waals surface area contributed by atoms with Crippen molar-refractivity contribution in [1.82, 2.24) is 5.32 Å². The van der Waals surface area contributed by atoms with Gasteiger partial charge in [0.1, 0.15) is 0 Å². The molecule has 0 radical (unpaired) electrons. The van der Waals surface area contributed by atoms with E-state index in [0.29, 0.717) is 19.6 Å². The van der Waals surface area contributed by atoms with Gasteiger partial charge in [0.25, 0.3) is 0 Å². The molecule has 0 spiro atoms. The molecule has 1 aromatic rings. The van der Waals surface area contributed by atoms with Gasteiger partial charge in [-0.2, -0.15) is 0 Å². The van der Waals surface area contributed by atoms with Crippen molar-refractivity contribution >= 4 is 11.6 Å². The summed E-state index contributed by atoms with van der Waals surface area (Å²) in [6, 6.07) is 8.20. The highest BCUT2D eigenvalue weighted by molar-refractivity contribution is 5.78. The minimum atomic E-state index is 0.104. The van der Waals surface area contributed by atoms with E-state index in [1.54, 1.807) is 0 Å². The summed E-state index contributed by atoms with van der Waals surface area (Å²) < 4.78 is 5.42. The average Bonchev–Trinajstić information content (AvgIpc) is 2.86. The van der Waals surface area contributed by atoms with Crippen LogP contribution in [0.4, 0.5) is 5.69 Å². The van der Waals surface area contributed by atoms with Gasteiger partial charge in [0.15, 0.2) is 0 Å². The van der Waals surface area contributed by atoms with Crippen molar-refractivity contribution in [1.29, 1.82) is 0 Å². The van der Waals surface area contributed by atoms with Gasteiger partial charge in [-0.25, -0.2) is 0 Å². The fourth-order valence-electron chi connectivity index (χ4n) is 2.45. The molecule has 2 N–H and O–H groups in total. The molecule has 1 aromatic carbocycles. The Hall–Kier alpha value is -1.55. The lowest BCUT2D eigenvalue weighted by molar-refractivity contribution is -0.121. The van der Waals surface area contributed by atoms with E-state index >= 15 is 0 Å². The predicted octanol–water partition coefficient (Wildman–Crippen LogP) is 2.52. The molecule has 4 heteroatoms. The Balaban J connectivity index is 1.66. The van der Waals surface area contributed by atoms with E-state index in [9.17, 15) is 4.79 Å². The Morgan fingerprint density at radius 1 is 1.40 bits per heavy atom. The lowest BCUT2D eigenvalue weighted by Gasteiger charge is -2.10. The maximum Gasteiger partial charge on any atom is 0.220 e. The monoisotopic (exact) mass is 276 g/mol. The molecule has 0 fully saturated rings. The second kappa shape index (κ2) is 7.90. The number of anilines is 1. The fourth-order valence-corrected chi connectivity index (χ4v) is 2.45. The van der Waals surface area contributed by atoms with Crippen LogP contribution in [0.1, 0.15) is 37.7 Å². The van der Waals surface area contributed by atoms with E-state index in [1.165, 1.54) is 5.56 Å². The Kier molecular flexibility index (Phi) is 5.87. The number of carbonyl (C=O) groups is 1. The third-order valence-corrected chi connectivity index (χ3v) is 3.58. The van der Waals surface area contributed by atoms with Crippen molar-refractivity contribution in [2.24, 2.45) is 0 Å². The van der Waals surface area contributed by atoms with E-state index in [4.69, 9.17) is 4.74 Å². The van der Waals surface area contributed by atoms with Gasteiger partial charge in [0.2, 0.25) is 5.91 Å². The zero-order valence-electron chi connectivity index (χ0n) is 12.2. The minimum absolute atomic E-state index is 0.104. The first-order valence-electron chi connectivity index (χ1n) is 7.48. The van der Waals surface area contributed by atoms with E-state index in [0.717, 1.165) is 31.7 Å².